The molecule has 0 saturated heterocycles. The van der Waals surface area contributed by atoms with E-state index in [4.69, 9.17) is 0 Å². The number of benzene rings is 1. The van der Waals surface area contributed by atoms with Crippen LogP contribution in [0.15, 0.2) is 35.3 Å². The van der Waals surface area contributed by atoms with E-state index in [0.717, 1.165) is 43.5 Å². The zero-order valence-corrected chi connectivity index (χ0v) is 13.6. The summed E-state index contributed by atoms with van der Waals surface area (Å²) in [6.07, 6.45) is 4.44. The van der Waals surface area contributed by atoms with Gasteiger partial charge in [0.15, 0.2) is 11.8 Å². The first-order chi connectivity index (χ1) is 11.4. The van der Waals surface area contributed by atoms with Crippen molar-refractivity contribution in [3.8, 4) is 0 Å². The average molecular weight is 312 g/mol. The zero-order valence-electron chi connectivity index (χ0n) is 13.6. The quantitative estimate of drug-likeness (QED) is 0.649. The molecular weight excluding hydrogens is 288 g/mol. The van der Waals surface area contributed by atoms with Gasteiger partial charge in [-0.15, -0.1) is 10.2 Å². The summed E-state index contributed by atoms with van der Waals surface area (Å²) in [7, 11) is 1.79. The topological polar surface area (TPSA) is 67.1 Å². The van der Waals surface area contributed by atoms with Crippen LogP contribution in [0.3, 0.4) is 0 Å². The molecule has 122 valence electrons. The Hall–Kier alpha value is -2.37. The van der Waals surface area contributed by atoms with Gasteiger partial charge in [0.2, 0.25) is 0 Å². The highest BCUT2D eigenvalue weighted by atomic mass is 15.3. The molecule has 0 unspecified atom stereocenters. The maximum Gasteiger partial charge on any atom is 0.191 e. The molecule has 0 atom stereocenters. The van der Waals surface area contributed by atoms with Gasteiger partial charge in [-0.05, 0) is 24.8 Å². The summed E-state index contributed by atoms with van der Waals surface area (Å²) < 4.78 is 2.23. The molecule has 0 spiro atoms. The summed E-state index contributed by atoms with van der Waals surface area (Å²) in [5, 5.41) is 15.2. The van der Waals surface area contributed by atoms with Crippen LogP contribution in [0.1, 0.15) is 30.1 Å². The SMILES string of the molecule is CN=C(NCCc1ccccc1)NCc1nnc2n1CCCC2. The van der Waals surface area contributed by atoms with Crippen molar-refractivity contribution in [1.82, 2.24) is 25.4 Å². The molecule has 23 heavy (non-hydrogen) atoms. The molecule has 1 aliphatic heterocycles. The van der Waals surface area contributed by atoms with Crippen molar-refractivity contribution in [3.63, 3.8) is 0 Å². The van der Waals surface area contributed by atoms with E-state index in [2.05, 4.69) is 54.7 Å². The Morgan fingerprint density at radius 1 is 1.17 bits per heavy atom. The Balaban J connectivity index is 1.47. The van der Waals surface area contributed by atoms with Gasteiger partial charge in [-0.3, -0.25) is 4.99 Å². The number of aromatic nitrogens is 3. The van der Waals surface area contributed by atoms with Crippen molar-refractivity contribution in [2.75, 3.05) is 13.6 Å². The number of guanidine groups is 1. The summed E-state index contributed by atoms with van der Waals surface area (Å²) in [4.78, 5) is 4.27. The molecule has 0 bridgehead atoms. The largest absolute Gasteiger partial charge is 0.356 e. The Morgan fingerprint density at radius 2 is 2.04 bits per heavy atom. The lowest BCUT2D eigenvalue weighted by Crippen LogP contribution is -2.38. The van der Waals surface area contributed by atoms with Crippen molar-refractivity contribution in [3.05, 3.63) is 47.5 Å². The predicted octanol–water partition coefficient (Wildman–Crippen LogP) is 1.52. The molecule has 2 N–H and O–H groups in total. The van der Waals surface area contributed by atoms with Crippen LogP contribution in [0.4, 0.5) is 0 Å². The second-order valence-electron chi connectivity index (χ2n) is 5.73. The number of nitrogens with one attached hydrogen (secondary N) is 2. The Labute approximate surface area is 137 Å². The molecule has 0 aliphatic carbocycles. The summed E-state index contributed by atoms with van der Waals surface area (Å²) >= 11 is 0. The minimum atomic E-state index is 0.651. The van der Waals surface area contributed by atoms with Crippen LogP contribution >= 0.6 is 0 Å². The van der Waals surface area contributed by atoms with E-state index < -0.39 is 0 Å². The summed E-state index contributed by atoms with van der Waals surface area (Å²) in [5.74, 6) is 2.90. The smallest absolute Gasteiger partial charge is 0.191 e. The normalized spacial score (nSPS) is 14.4. The molecule has 2 heterocycles. The first-order valence-corrected chi connectivity index (χ1v) is 8.26. The first-order valence-electron chi connectivity index (χ1n) is 8.26. The van der Waals surface area contributed by atoms with Gasteiger partial charge in [-0.2, -0.15) is 0 Å². The number of aliphatic imine (C=N–C) groups is 1. The van der Waals surface area contributed by atoms with Crippen LogP contribution in [0, 0.1) is 0 Å². The van der Waals surface area contributed by atoms with Crippen LogP contribution < -0.4 is 10.6 Å². The summed E-state index contributed by atoms with van der Waals surface area (Å²) in [6, 6.07) is 10.4. The average Bonchev–Trinajstić information content (AvgIpc) is 3.02. The molecule has 0 amide bonds. The lowest BCUT2D eigenvalue weighted by molar-refractivity contribution is 0.504. The van der Waals surface area contributed by atoms with Gasteiger partial charge in [0.1, 0.15) is 5.82 Å². The van der Waals surface area contributed by atoms with Crippen molar-refractivity contribution < 1.29 is 0 Å². The van der Waals surface area contributed by atoms with E-state index in [1.54, 1.807) is 7.05 Å². The lowest BCUT2D eigenvalue weighted by Gasteiger charge is -2.16. The number of aryl methyl sites for hydroxylation is 1. The van der Waals surface area contributed by atoms with E-state index in [9.17, 15) is 0 Å². The van der Waals surface area contributed by atoms with E-state index in [1.807, 2.05) is 6.07 Å². The molecule has 3 rings (SSSR count). The third-order valence-electron chi connectivity index (χ3n) is 4.12. The Kier molecular flexibility index (Phi) is 5.24. The second-order valence-corrected chi connectivity index (χ2v) is 5.73. The van der Waals surface area contributed by atoms with E-state index in [0.29, 0.717) is 6.54 Å². The molecule has 1 aromatic heterocycles. The first kappa shape index (κ1) is 15.5. The van der Waals surface area contributed by atoms with Crippen molar-refractivity contribution in [1.29, 1.82) is 0 Å². The summed E-state index contributed by atoms with van der Waals surface area (Å²) in [6.45, 7) is 2.53. The molecule has 2 aromatic rings. The van der Waals surface area contributed by atoms with Gasteiger partial charge in [0, 0.05) is 26.6 Å². The molecule has 0 fully saturated rings. The van der Waals surface area contributed by atoms with Gasteiger partial charge >= 0.3 is 0 Å². The van der Waals surface area contributed by atoms with Crippen molar-refractivity contribution in [2.45, 2.75) is 38.8 Å². The van der Waals surface area contributed by atoms with Gasteiger partial charge in [0.05, 0.1) is 6.54 Å². The molecule has 1 aliphatic rings. The minimum Gasteiger partial charge on any atom is -0.356 e. The number of fused-ring (bicyclic) bond motifs is 1. The second kappa shape index (κ2) is 7.76. The molecule has 0 saturated carbocycles. The molecular formula is C17H24N6. The molecule has 6 heteroatoms. The maximum atomic E-state index is 4.30. The highest BCUT2D eigenvalue weighted by Gasteiger charge is 2.15. The Bertz CT molecular complexity index is 646. The summed E-state index contributed by atoms with van der Waals surface area (Å²) in [5.41, 5.74) is 1.32. The third-order valence-corrected chi connectivity index (χ3v) is 4.12. The molecule has 6 nitrogen and oxygen atoms in total. The lowest BCUT2D eigenvalue weighted by atomic mass is 10.1. The zero-order chi connectivity index (χ0) is 15.9. The van der Waals surface area contributed by atoms with Gasteiger partial charge in [-0.25, -0.2) is 0 Å². The third kappa shape index (κ3) is 4.09. The van der Waals surface area contributed by atoms with E-state index in [-0.39, 0.29) is 0 Å². The number of nitrogens with zero attached hydrogens (tertiary/aromatic N) is 4. The van der Waals surface area contributed by atoms with Gasteiger partial charge in [0.25, 0.3) is 0 Å². The van der Waals surface area contributed by atoms with E-state index in [1.165, 1.54) is 18.4 Å². The van der Waals surface area contributed by atoms with Crippen LogP contribution in [-0.4, -0.2) is 34.3 Å². The van der Waals surface area contributed by atoms with Gasteiger partial charge in [-0.1, -0.05) is 30.3 Å². The number of hydrogen-bond donors (Lipinski definition) is 2. The fourth-order valence-electron chi connectivity index (χ4n) is 2.85. The Morgan fingerprint density at radius 3 is 2.87 bits per heavy atom. The van der Waals surface area contributed by atoms with Crippen LogP contribution in [0.5, 0.6) is 0 Å². The van der Waals surface area contributed by atoms with Crippen molar-refractivity contribution in [2.24, 2.45) is 4.99 Å². The van der Waals surface area contributed by atoms with E-state index >= 15 is 0 Å². The highest BCUT2D eigenvalue weighted by Crippen LogP contribution is 2.13. The number of hydrogen-bond acceptors (Lipinski definition) is 3. The molecule has 1 aromatic carbocycles. The fourth-order valence-corrected chi connectivity index (χ4v) is 2.85. The fraction of sp³-hybridized carbons (Fsp3) is 0.471. The molecule has 0 radical (unpaired) electrons. The van der Waals surface area contributed by atoms with Crippen LogP contribution in [0.2, 0.25) is 0 Å². The van der Waals surface area contributed by atoms with Crippen LogP contribution in [-0.2, 0) is 25.9 Å². The highest BCUT2D eigenvalue weighted by molar-refractivity contribution is 5.79. The predicted molar refractivity (Wildman–Crippen MR) is 91.3 cm³/mol. The van der Waals surface area contributed by atoms with Crippen LogP contribution in [0.25, 0.3) is 0 Å². The maximum absolute atomic E-state index is 4.30. The van der Waals surface area contributed by atoms with Crippen molar-refractivity contribution >= 4 is 5.96 Å². The standard InChI is InChI=1S/C17H24N6/c1-18-17(19-11-10-14-7-3-2-4-8-14)20-13-16-22-21-15-9-5-6-12-23(15)16/h2-4,7-8H,5-6,9-13H2,1H3,(H2,18,19,20). The van der Waals surface area contributed by atoms with Gasteiger partial charge < -0.3 is 15.2 Å². The minimum absolute atomic E-state index is 0.651. The number of rotatable bonds is 5. The monoisotopic (exact) mass is 312 g/mol.